The first-order valence-corrected chi connectivity index (χ1v) is 31.6. The number of pyridine rings is 1. The molecular weight excluding hydrogens is 1180 g/mol. The number of thiazole rings is 1. The lowest BCUT2D eigenvalue weighted by Crippen LogP contribution is -2.15. The molecule has 35 heteroatoms. The Balaban J connectivity index is 1.19. The normalized spacial score (nSPS) is 13.2. The van der Waals surface area contributed by atoms with Gasteiger partial charge in [0.15, 0.2) is 5.65 Å². The molecule has 0 atom stereocenters. The second-order valence-electron chi connectivity index (χ2n) is 17.1. The molecule has 0 saturated heterocycles. The monoisotopic (exact) mass is 1220 g/mol. The van der Waals surface area contributed by atoms with Gasteiger partial charge in [-0.25, -0.2) is 9.97 Å². The van der Waals surface area contributed by atoms with Crippen molar-refractivity contribution in [2.45, 2.75) is 53.2 Å². The van der Waals surface area contributed by atoms with Gasteiger partial charge < -0.3 is 15.6 Å². The lowest BCUT2D eigenvalue weighted by atomic mass is 10.1. The Kier molecular flexibility index (Phi) is 16.1. The summed E-state index contributed by atoms with van der Waals surface area (Å²) in [4.78, 5) is 18.6. The number of hydrogen-bond donors (Lipinski definition) is 7. The molecule has 0 spiro atoms. The minimum atomic E-state index is -5.30. The topological polar surface area (TPSA) is 449 Å². The number of benzene rings is 5. The molecule has 28 nitrogen and oxygen atoms in total. The maximum atomic E-state index is 12.8. The highest BCUT2D eigenvalue weighted by atomic mass is 32.2. The van der Waals surface area contributed by atoms with Crippen molar-refractivity contribution in [3.8, 4) is 11.6 Å². The second kappa shape index (κ2) is 21.9. The van der Waals surface area contributed by atoms with Crippen LogP contribution in [0, 0.1) is 20.8 Å². The highest BCUT2D eigenvalue weighted by molar-refractivity contribution is 7.99. The Morgan fingerprint density at radius 3 is 1.94 bits per heavy atom. The minimum Gasteiger partial charge on any atom is -0.493 e. The molecule has 3 heterocycles. The van der Waals surface area contributed by atoms with E-state index in [4.69, 9.17) is 10.5 Å². The van der Waals surface area contributed by atoms with E-state index >= 15 is 0 Å². The molecular formula is C44H40N10O18S7. The standard InChI is InChI=1S/C44H40N10O18S7/c1-21-14-30(50-52-38-23(3)37(41(45)55)42-46-27-8-4-5-9-32(27)54(42)43(38)56)33(72-10-6-12-75(57,58)59)19-28(21)48-51-31-15-22(2)29(20-34(31)73-11-7-13-76(60,61)62)49-53-44-47-39-36(79(69,70)71)18-25-26(40(39)74-44)16-24(77(63,64)65)17-35(25)78(66,67)68/h4-5,8-9,14-20,56H,6-7,10-13H2,1-3H3,(H2,45,55)(H,57,58,59)(H,60,61,62)(H,63,64,65)(H,66,67,68)(H,69,70,71). The Labute approximate surface area is 456 Å². The second-order valence-corrected chi connectivity index (χ2v) is 26.5. The van der Waals surface area contributed by atoms with E-state index in [2.05, 4.69) is 40.7 Å². The van der Waals surface area contributed by atoms with Gasteiger partial charge in [0.25, 0.3) is 56.5 Å². The Morgan fingerprint density at radius 2 is 1.29 bits per heavy atom. The third-order valence-corrected chi connectivity index (χ3v) is 17.8. The van der Waals surface area contributed by atoms with Gasteiger partial charge in [-0.2, -0.15) is 47.2 Å². The Hall–Kier alpha value is -7.03. The van der Waals surface area contributed by atoms with E-state index in [9.17, 15) is 74.8 Å². The quantitative estimate of drug-likeness (QED) is 0.0162. The number of hydrogen-bond acceptors (Lipinski definition) is 23. The molecule has 0 bridgehead atoms. The first kappa shape index (κ1) is 58.1. The molecule has 0 fully saturated rings. The number of imidazole rings is 1. The largest absolute Gasteiger partial charge is 0.493 e. The first-order valence-electron chi connectivity index (χ1n) is 22.3. The van der Waals surface area contributed by atoms with Gasteiger partial charge in [0, 0.05) is 21.7 Å². The smallest absolute Gasteiger partial charge is 0.296 e. The van der Waals surface area contributed by atoms with Crippen molar-refractivity contribution in [1.29, 1.82) is 0 Å². The van der Waals surface area contributed by atoms with Gasteiger partial charge in [0.2, 0.25) is 11.0 Å². The van der Waals surface area contributed by atoms with E-state index < -0.39 is 99.5 Å². The Bertz CT molecular complexity index is 4570. The summed E-state index contributed by atoms with van der Waals surface area (Å²) in [5.74, 6) is -2.49. The molecule has 0 radical (unpaired) electrons. The number of ether oxygens (including phenoxy) is 1. The number of thioether (sulfide) groups is 1. The molecule has 3 aromatic heterocycles. The summed E-state index contributed by atoms with van der Waals surface area (Å²) in [5.41, 5.74) is 7.43. The first-order chi connectivity index (χ1) is 36.8. The summed E-state index contributed by atoms with van der Waals surface area (Å²) in [6.07, 6.45) is -0.217. The summed E-state index contributed by atoms with van der Waals surface area (Å²) in [5, 5.41) is 36.2. The fourth-order valence-corrected chi connectivity index (χ4v) is 13.0. The molecule has 0 aliphatic heterocycles. The molecule has 8 N–H and O–H groups in total. The fourth-order valence-electron chi connectivity index (χ4n) is 7.86. The van der Waals surface area contributed by atoms with Crippen molar-refractivity contribution in [1.82, 2.24) is 14.4 Å². The highest BCUT2D eigenvalue weighted by Crippen LogP contribution is 2.45. The summed E-state index contributed by atoms with van der Waals surface area (Å²) in [6, 6.07) is 14.4. The van der Waals surface area contributed by atoms with Crippen LogP contribution in [-0.2, 0) is 50.6 Å². The summed E-state index contributed by atoms with van der Waals surface area (Å²) < 4.78 is 176. The SMILES string of the molecule is Cc1cc(N=Nc2cc(OCCCS(=O)(=O)O)c(N=Nc3c(C)c(C(N)=O)c4nc5ccccc5n4c3O)cc2C)c(SCCCS(=O)(=O)O)cc1N=Nc1nc2c(S(=O)(=O)O)cc3c(S(=O)(=O)O)cc(S(=O)(=O)O)cc3c2s1. The van der Waals surface area contributed by atoms with Crippen molar-refractivity contribution in [2.75, 3.05) is 23.9 Å². The van der Waals surface area contributed by atoms with E-state index in [1.54, 1.807) is 38.1 Å². The van der Waals surface area contributed by atoms with Crippen LogP contribution < -0.4 is 10.5 Å². The molecule has 1 amide bonds. The molecule has 5 aromatic carbocycles. The van der Waals surface area contributed by atoms with Crippen molar-refractivity contribution in [3.63, 3.8) is 0 Å². The number of carbonyl (C=O) groups excluding carboxylic acids is 1. The van der Waals surface area contributed by atoms with Gasteiger partial charge in [0.1, 0.15) is 32.4 Å². The maximum Gasteiger partial charge on any atom is 0.296 e. The number of nitrogens with zero attached hydrogens (tertiary/aromatic N) is 9. The zero-order valence-electron chi connectivity index (χ0n) is 40.6. The fraction of sp³-hybridized carbons (Fsp3) is 0.205. The van der Waals surface area contributed by atoms with Crippen molar-refractivity contribution in [3.05, 3.63) is 89.0 Å². The summed E-state index contributed by atoms with van der Waals surface area (Å²) in [6.45, 7) is 4.42. The number of fused-ring (bicyclic) bond motifs is 6. The number of primary amides is 1. The molecule has 0 aliphatic carbocycles. The third-order valence-electron chi connectivity index (χ3n) is 11.5. The van der Waals surface area contributed by atoms with Crippen LogP contribution in [0.15, 0.2) is 117 Å². The molecule has 79 heavy (non-hydrogen) atoms. The lowest BCUT2D eigenvalue weighted by molar-refractivity contribution is 0.100. The number of para-hydroxylation sites is 2. The van der Waals surface area contributed by atoms with Gasteiger partial charge >= 0.3 is 0 Å². The molecule has 0 unspecified atom stereocenters. The van der Waals surface area contributed by atoms with E-state index in [-0.39, 0.29) is 91.4 Å². The number of nitrogens with two attached hydrogens (primary N) is 1. The van der Waals surface area contributed by atoms with Gasteiger partial charge in [-0.05, 0) is 105 Å². The minimum absolute atomic E-state index is 0.0280. The molecule has 0 saturated carbocycles. The predicted octanol–water partition coefficient (Wildman–Crippen LogP) is 8.99. The van der Waals surface area contributed by atoms with Crippen molar-refractivity contribution >= 4 is 151 Å². The van der Waals surface area contributed by atoms with Crippen LogP contribution in [0.4, 0.5) is 33.6 Å². The maximum absolute atomic E-state index is 12.8. The number of aryl methyl sites for hydroxylation is 2. The zero-order chi connectivity index (χ0) is 57.7. The molecule has 0 aliphatic rings. The van der Waals surface area contributed by atoms with E-state index in [1.165, 1.54) is 35.6 Å². The van der Waals surface area contributed by atoms with Gasteiger partial charge in [0.05, 0.1) is 61.4 Å². The lowest BCUT2D eigenvalue weighted by Gasteiger charge is -2.13. The average Bonchev–Trinajstić information content (AvgIpc) is 4.01. The number of amides is 1. The number of aromatic nitrogens is 3. The van der Waals surface area contributed by atoms with Crippen LogP contribution >= 0.6 is 23.1 Å². The van der Waals surface area contributed by atoms with E-state index in [1.807, 2.05) is 0 Å². The van der Waals surface area contributed by atoms with Gasteiger partial charge in [-0.1, -0.05) is 23.5 Å². The van der Waals surface area contributed by atoms with E-state index in [0.29, 0.717) is 50.5 Å². The number of carbonyl (C=O) groups is 1. The number of aromatic hydroxyl groups is 1. The van der Waals surface area contributed by atoms with Crippen LogP contribution in [0.2, 0.25) is 0 Å². The number of rotatable bonds is 20. The number of azo groups is 3. The van der Waals surface area contributed by atoms with Crippen LogP contribution in [0.25, 0.3) is 37.7 Å². The Morgan fingerprint density at radius 1 is 0.684 bits per heavy atom. The van der Waals surface area contributed by atoms with Crippen molar-refractivity contribution < 1.29 is 79.5 Å². The zero-order valence-corrected chi connectivity index (χ0v) is 46.4. The van der Waals surface area contributed by atoms with Crippen LogP contribution in [0.1, 0.15) is 39.9 Å². The van der Waals surface area contributed by atoms with Crippen molar-refractivity contribution in [2.24, 2.45) is 36.4 Å². The summed E-state index contributed by atoms with van der Waals surface area (Å²) >= 11 is 1.62. The predicted molar refractivity (Wildman–Crippen MR) is 287 cm³/mol. The van der Waals surface area contributed by atoms with Gasteiger partial charge in [-0.3, -0.25) is 32.0 Å². The third kappa shape index (κ3) is 13.0. The molecule has 8 rings (SSSR count). The average molecular weight is 1220 g/mol. The van der Waals surface area contributed by atoms with Crippen LogP contribution in [0.5, 0.6) is 11.6 Å². The van der Waals surface area contributed by atoms with Crippen LogP contribution in [-0.4, -0.2) is 114 Å². The van der Waals surface area contributed by atoms with Gasteiger partial charge in [-0.15, -0.1) is 37.3 Å². The summed E-state index contributed by atoms with van der Waals surface area (Å²) in [7, 11) is -24.4. The van der Waals surface area contributed by atoms with E-state index in [0.717, 1.165) is 17.8 Å². The molecule has 416 valence electrons. The highest BCUT2D eigenvalue weighted by Gasteiger charge is 2.28. The molecule has 8 aromatic rings. The van der Waals surface area contributed by atoms with Crippen LogP contribution in [0.3, 0.4) is 0 Å².